The molecule has 1 aliphatic heterocycles. The van der Waals surface area contributed by atoms with E-state index in [9.17, 15) is 0 Å². The Morgan fingerprint density at radius 1 is 1.50 bits per heavy atom. The molecule has 132 valence electrons. The van der Waals surface area contributed by atoms with Gasteiger partial charge in [-0.2, -0.15) is 5.10 Å². The van der Waals surface area contributed by atoms with Gasteiger partial charge in [0.2, 0.25) is 0 Å². The van der Waals surface area contributed by atoms with Gasteiger partial charge in [0.25, 0.3) is 0 Å². The molecule has 9 heteroatoms. The van der Waals surface area contributed by atoms with Crippen molar-refractivity contribution in [1.82, 2.24) is 30.6 Å². The molecule has 2 aromatic heterocycles. The third kappa shape index (κ3) is 4.46. The first-order chi connectivity index (χ1) is 11.2. The van der Waals surface area contributed by atoms with E-state index in [-0.39, 0.29) is 30.0 Å². The molecule has 0 amide bonds. The van der Waals surface area contributed by atoms with Crippen LogP contribution >= 0.6 is 24.0 Å². The zero-order chi connectivity index (χ0) is 16.2. The van der Waals surface area contributed by atoms with Gasteiger partial charge in [-0.25, -0.2) is 9.67 Å². The summed E-state index contributed by atoms with van der Waals surface area (Å²) in [5.41, 5.74) is 0.844. The van der Waals surface area contributed by atoms with Crippen LogP contribution in [0.5, 0.6) is 0 Å². The Morgan fingerprint density at radius 3 is 3.00 bits per heavy atom. The molecule has 24 heavy (non-hydrogen) atoms. The molecule has 1 atom stereocenters. The van der Waals surface area contributed by atoms with Crippen molar-refractivity contribution in [2.75, 3.05) is 7.05 Å². The van der Waals surface area contributed by atoms with E-state index in [4.69, 9.17) is 4.52 Å². The molecule has 3 rings (SSSR count). The summed E-state index contributed by atoms with van der Waals surface area (Å²) in [6, 6.07) is 2.11. The van der Waals surface area contributed by atoms with Crippen LogP contribution in [0.4, 0.5) is 0 Å². The van der Waals surface area contributed by atoms with Crippen LogP contribution in [0.15, 0.2) is 21.8 Å². The number of aromatic nitrogens is 4. The second-order valence-corrected chi connectivity index (χ2v) is 6.02. The molecule has 2 aromatic rings. The standard InChI is InChI=1S/C15H23N7O.HI/c1-10(2)14-19-13-5-4-12(9-22(13)20-14)18-15(16-3)17-8-11-6-7-23-21-11;/h6-7,10,12H,4-5,8-9H2,1-3H3,(H2,16,17,18);1H. The summed E-state index contributed by atoms with van der Waals surface area (Å²) in [6.07, 6.45) is 3.51. The molecular formula is C15H24IN7O. The third-order valence-electron chi connectivity index (χ3n) is 3.88. The number of fused-ring (bicyclic) bond motifs is 1. The summed E-state index contributed by atoms with van der Waals surface area (Å²) in [4.78, 5) is 8.88. The van der Waals surface area contributed by atoms with Crippen molar-refractivity contribution in [3.05, 3.63) is 29.7 Å². The number of aliphatic imine (C=N–C) groups is 1. The van der Waals surface area contributed by atoms with Gasteiger partial charge in [0.05, 0.1) is 13.1 Å². The van der Waals surface area contributed by atoms with Crippen LogP contribution in [-0.4, -0.2) is 39.0 Å². The van der Waals surface area contributed by atoms with Gasteiger partial charge in [-0.15, -0.1) is 24.0 Å². The van der Waals surface area contributed by atoms with Crippen LogP contribution in [0.25, 0.3) is 0 Å². The molecular weight excluding hydrogens is 421 g/mol. The van der Waals surface area contributed by atoms with Crippen molar-refractivity contribution in [1.29, 1.82) is 0 Å². The first-order valence-electron chi connectivity index (χ1n) is 7.95. The van der Waals surface area contributed by atoms with Gasteiger partial charge < -0.3 is 15.2 Å². The molecule has 0 aliphatic carbocycles. The minimum absolute atomic E-state index is 0. The number of rotatable bonds is 4. The summed E-state index contributed by atoms with van der Waals surface area (Å²) in [5, 5.41) is 15.2. The Morgan fingerprint density at radius 2 is 2.33 bits per heavy atom. The van der Waals surface area contributed by atoms with E-state index >= 15 is 0 Å². The van der Waals surface area contributed by atoms with Gasteiger partial charge in [-0.1, -0.05) is 19.0 Å². The highest BCUT2D eigenvalue weighted by Crippen LogP contribution is 2.16. The highest BCUT2D eigenvalue weighted by atomic mass is 127. The average Bonchev–Trinajstić information content (AvgIpc) is 3.20. The molecule has 0 spiro atoms. The smallest absolute Gasteiger partial charge is 0.191 e. The van der Waals surface area contributed by atoms with E-state index in [1.165, 1.54) is 0 Å². The van der Waals surface area contributed by atoms with Crippen molar-refractivity contribution in [3.63, 3.8) is 0 Å². The lowest BCUT2D eigenvalue weighted by atomic mass is 10.1. The van der Waals surface area contributed by atoms with E-state index in [2.05, 4.69) is 44.7 Å². The largest absolute Gasteiger partial charge is 0.364 e. The number of hydrogen-bond donors (Lipinski definition) is 2. The van der Waals surface area contributed by atoms with E-state index in [1.807, 2.05) is 10.7 Å². The quantitative estimate of drug-likeness (QED) is 0.423. The van der Waals surface area contributed by atoms with E-state index < -0.39 is 0 Å². The zero-order valence-electron chi connectivity index (χ0n) is 14.2. The number of aryl methyl sites for hydroxylation is 1. The van der Waals surface area contributed by atoms with E-state index in [0.29, 0.717) is 12.5 Å². The van der Waals surface area contributed by atoms with Crippen LogP contribution in [0.1, 0.15) is 43.5 Å². The molecule has 0 fully saturated rings. The lowest BCUT2D eigenvalue weighted by molar-refractivity contribution is 0.390. The molecule has 2 N–H and O–H groups in total. The summed E-state index contributed by atoms with van der Waals surface area (Å²) < 4.78 is 6.84. The highest BCUT2D eigenvalue weighted by molar-refractivity contribution is 14.0. The summed E-state index contributed by atoms with van der Waals surface area (Å²) in [6.45, 7) is 5.62. The Balaban J connectivity index is 0.00000208. The maximum Gasteiger partial charge on any atom is 0.191 e. The van der Waals surface area contributed by atoms with E-state index in [1.54, 1.807) is 13.3 Å². The minimum atomic E-state index is 0. The SMILES string of the molecule is CN=C(NCc1ccon1)NC1CCc2nc(C(C)C)nn2C1.I. The zero-order valence-corrected chi connectivity index (χ0v) is 16.5. The van der Waals surface area contributed by atoms with Gasteiger partial charge in [0.15, 0.2) is 11.8 Å². The summed E-state index contributed by atoms with van der Waals surface area (Å²) in [7, 11) is 1.76. The van der Waals surface area contributed by atoms with Crippen molar-refractivity contribution in [2.24, 2.45) is 4.99 Å². The molecule has 0 radical (unpaired) electrons. The fourth-order valence-corrected chi connectivity index (χ4v) is 2.58. The first-order valence-corrected chi connectivity index (χ1v) is 7.95. The molecule has 0 aromatic carbocycles. The van der Waals surface area contributed by atoms with Crippen LogP contribution in [0, 0.1) is 0 Å². The molecule has 3 heterocycles. The molecule has 0 bridgehead atoms. The Hall–Kier alpha value is -1.65. The molecule has 0 saturated carbocycles. The van der Waals surface area contributed by atoms with Crippen molar-refractivity contribution >= 4 is 29.9 Å². The fraction of sp³-hybridized carbons (Fsp3) is 0.600. The lowest BCUT2D eigenvalue weighted by Crippen LogP contribution is -2.46. The molecule has 1 aliphatic rings. The molecule has 1 unspecified atom stereocenters. The van der Waals surface area contributed by atoms with Gasteiger partial charge in [0, 0.05) is 31.5 Å². The fourth-order valence-electron chi connectivity index (χ4n) is 2.58. The Bertz CT molecular complexity index is 665. The topological polar surface area (TPSA) is 93.2 Å². The third-order valence-corrected chi connectivity index (χ3v) is 3.88. The number of nitrogens with zero attached hydrogens (tertiary/aromatic N) is 5. The Kier molecular flexibility index (Phi) is 6.58. The van der Waals surface area contributed by atoms with Gasteiger partial charge in [-0.05, 0) is 6.42 Å². The normalized spacial score (nSPS) is 17.3. The second kappa shape index (κ2) is 8.45. The van der Waals surface area contributed by atoms with Gasteiger partial charge in [-0.3, -0.25) is 4.99 Å². The minimum Gasteiger partial charge on any atom is -0.364 e. The number of halogens is 1. The second-order valence-electron chi connectivity index (χ2n) is 6.02. The molecule has 0 saturated heterocycles. The highest BCUT2D eigenvalue weighted by Gasteiger charge is 2.23. The summed E-state index contributed by atoms with van der Waals surface area (Å²) in [5.74, 6) is 3.12. The average molecular weight is 445 g/mol. The predicted octanol–water partition coefficient (Wildman–Crippen LogP) is 1.69. The van der Waals surface area contributed by atoms with Crippen molar-refractivity contribution in [2.45, 2.75) is 51.7 Å². The maximum absolute atomic E-state index is 4.82. The predicted molar refractivity (Wildman–Crippen MR) is 101 cm³/mol. The van der Waals surface area contributed by atoms with Crippen molar-refractivity contribution in [3.8, 4) is 0 Å². The summed E-state index contributed by atoms with van der Waals surface area (Å²) >= 11 is 0. The van der Waals surface area contributed by atoms with Crippen molar-refractivity contribution < 1.29 is 4.52 Å². The van der Waals surface area contributed by atoms with Gasteiger partial charge in [0.1, 0.15) is 17.8 Å². The van der Waals surface area contributed by atoms with Crippen LogP contribution in [0.2, 0.25) is 0 Å². The maximum atomic E-state index is 4.82. The number of hydrogen-bond acceptors (Lipinski definition) is 5. The lowest BCUT2D eigenvalue weighted by Gasteiger charge is -2.25. The van der Waals surface area contributed by atoms with Crippen LogP contribution in [0.3, 0.4) is 0 Å². The van der Waals surface area contributed by atoms with Gasteiger partial charge >= 0.3 is 0 Å². The monoisotopic (exact) mass is 445 g/mol. The number of nitrogens with one attached hydrogen (secondary N) is 2. The van der Waals surface area contributed by atoms with Crippen LogP contribution in [-0.2, 0) is 19.5 Å². The van der Waals surface area contributed by atoms with E-state index in [0.717, 1.165) is 42.7 Å². The Labute approximate surface area is 158 Å². The molecule has 8 nitrogen and oxygen atoms in total. The number of guanidine groups is 1. The van der Waals surface area contributed by atoms with Crippen LogP contribution < -0.4 is 10.6 Å². The first kappa shape index (κ1) is 18.7.